The summed E-state index contributed by atoms with van der Waals surface area (Å²) in [7, 11) is 0. The summed E-state index contributed by atoms with van der Waals surface area (Å²) in [5, 5.41) is 0. The molecule has 1 amide bonds. The third-order valence-corrected chi connectivity index (χ3v) is 3.96. The Morgan fingerprint density at radius 1 is 1.32 bits per heavy atom. The van der Waals surface area contributed by atoms with E-state index in [1.54, 1.807) is 12.1 Å². The van der Waals surface area contributed by atoms with E-state index in [-0.39, 0.29) is 11.7 Å². The molecule has 2 rings (SSSR count). The van der Waals surface area contributed by atoms with Crippen molar-refractivity contribution in [2.75, 3.05) is 6.54 Å². The van der Waals surface area contributed by atoms with Crippen molar-refractivity contribution >= 4 is 5.91 Å². The SMILES string of the molecule is CCC1CCCCN1C(=O)CCc1ccc(F)cc1. The molecule has 104 valence electrons. The number of carbonyl (C=O) groups is 1. The highest BCUT2D eigenvalue weighted by Gasteiger charge is 2.24. The number of halogens is 1. The van der Waals surface area contributed by atoms with Gasteiger partial charge in [-0.25, -0.2) is 4.39 Å². The van der Waals surface area contributed by atoms with Gasteiger partial charge in [-0.05, 0) is 49.8 Å². The molecule has 3 heteroatoms. The van der Waals surface area contributed by atoms with Gasteiger partial charge >= 0.3 is 0 Å². The van der Waals surface area contributed by atoms with Crippen molar-refractivity contribution in [1.82, 2.24) is 4.90 Å². The van der Waals surface area contributed by atoms with Gasteiger partial charge in [-0.3, -0.25) is 4.79 Å². The van der Waals surface area contributed by atoms with E-state index in [2.05, 4.69) is 6.92 Å². The van der Waals surface area contributed by atoms with E-state index in [1.807, 2.05) is 4.90 Å². The Labute approximate surface area is 114 Å². The zero-order valence-corrected chi connectivity index (χ0v) is 11.6. The number of carbonyl (C=O) groups excluding carboxylic acids is 1. The predicted molar refractivity (Wildman–Crippen MR) is 74.4 cm³/mol. The molecule has 1 atom stereocenters. The van der Waals surface area contributed by atoms with Gasteiger partial charge in [0, 0.05) is 19.0 Å². The molecule has 1 aliphatic heterocycles. The minimum absolute atomic E-state index is 0.225. The van der Waals surface area contributed by atoms with Gasteiger partial charge in [0.25, 0.3) is 0 Å². The molecule has 0 radical (unpaired) electrons. The Morgan fingerprint density at radius 3 is 2.74 bits per heavy atom. The van der Waals surface area contributed by atoms with E-state index in [1.165, 1.54) is 18.6 Å². The van der Waals surface area contributed by atoms with Crippen LogP contribution in [0.3, 0.4) is 0 Å². The van der Waals surface area contributed by atoms with Gasteiger partial charge in [-0.1, -0.05) is 19.1 Å². The largest absolute Gasteiger partial charge is 0.340 e. The maximum Gasteiger partial charge on any atom is 0.223 e. The van der Waals surface area contributed by atoms with Gasteiger partial charge in [0.2, 0.25) is 5.91 Å². The first-order chi connectivity index (χ1) is 9.20. The molecule has 1 aromatic carbocycles. The second-order valence-corrected chi connectivity index (χ2v) is 5.27. The van der Waals surface area contributed by atoms with Crippen molar-refractivity contribution in [3.05, 3.63) is 35.6 Å². The lowest BCUT2D eigenvalue weighted by atomic mass is 9.99. The highest BCUT2D eigenvalue weighted by atomic mass is 19.1. The zero-order valence-electron chi connectivity index (χ0n) is 11.6. The molecule has 1 aliphatic rings. The van der Waals surface area contributed by atoms with Crippen LogP contribution in [-0.4, -0.2) is 23.4 Å². The lowest BCUT2D eigenvalue weighted by Gasteiger charge is -2.35. The molecule has 19 heavy (non-hydrogen) atoms. The molecule has 0 aromatic heterocycles. The van der Waals surface area contributed by atoms with Gasteiger partial charge in [0.1, 0.15) is 5.82 Å². The van der Waals surface area contributed by atoms with Crippen molar-refractivity contribution in [2.24, 2.45) is 0 Å². The van der Waals surface area contributed by atoms with Crippen LogP contribution in [0.15, 0.2) is 24.3 Å². The van der Waals surface area contributed by atoms with Crippen LogP contribution >= 0.6 is 0 Å². The number of likely N-dealkylation sites (tertiary alicyclic amines) is 1. The number of hydrogen-bond acceptors (Lipinski definition) is 1. The van der Waals surface area contributed by atoms with Crippen LogP contribution in [0.5, 0.6) is 0 Å². The quantitative estimate of drug-likeness (QED) is 0.813. The molecule has 1 saturated heterocycles. The lowest BCUT2D eigenvalue weighted by Crippen LogP contribution is -2.43. The van der Waals surface area contributed by atoms with Crippen molar-refractivity contribution in [3.63, 3.8) is 0 Å². The molecule has 1 heterocycles. The Bertz CT molecular complexity index is 415. The van der Waals surface area contributed by atoms with E-state index in [4.69, 9.17) is 0 Å². The average molecular weight is 263 g/mol. The Morgan fingerprint density at radius 2 is 2.05 bits per heavy atom. The minimum Gasteiger partial charge on any atom is -0.340 e. The van der Waals surface area contributed by atoms with Gasteiger partial charge < -0.3 is 4.90 Å². The highest BCUT2D eigenvalue weighted by Crippen LogP contribution is 2.20. The third kappa shape index (κ3) is 3.79. The van der Waals surface area contributed by atoms with Crippen LogP contribution in [0, 0.1) is 5.82 Å². The Hall–Kier alpha value is -1.38. The first kappa shape index (κ1) is 14.0. The minimum atomic E-state index is -0.225. The Balaban J connectivity index is 1.87. The summed E-state index contributed by atoms with van der Waals surface area (Å²) in [6.45, 7) is 3.05. The topological polar surface area (TPSA) is 20.3 Å². The third-order valence-electron chi connectivity index (χ3n) is 3.96. The first-order valence-electron chi connectivity index (χ1n) is 7.24. The van der Waals surface area contributed by atoms with Gasteiger partial charge in [0.05, 0.1) is 0 Å². The van der Waals surface area contributed by atoms with Gasteiger partial charge in [-0.15, -0.1) is 0 Å². The predicted octanol–water partition coefficient (Wildman–Crippen LogP) is 3.55. The summed E-state index contributed by atoms with van der Waals surface area (Å²) in [5.41, 5.74) is 1.03. The summed E-state index contributed by atoms with van der Waals surface area (Å²) in [5.74, 6) is 0.0213. The summed E-state index contributed by atoms with van der Waals surface area (Å²) in [6.07, 6.45) is 5.77. The fraction of sp³-hybridized carbons (Fsp3) is 0.562. The number of benzene rings is 1. The van der Waals surface area contributed by atoms with Crippen molar-refractivity contribution < 1.29 is 9.18 Å². The van der Waals surface area contributed by atoms with E-state index < -0.39 is 0 Å². The van der Waals surface area contributed by atoms with Crippen LogP contribution in [0.4, 0.5) is 4.39 Å². The fourth-order valence-electron chi connectivity index (χ4n) is 2.80. The molecular formula is C16H22FNO. The summed E-state index contributed by atoms with van der Waals surface area (Å²) < 4.78 is 12.8. The van der Waals surface area contributed by atoms with Crippen molar-refractivity contribution in [2.45, 2.75) is 51.5 Å². The molecule has 1 aromatic rings. The van der Waals surface area contributed by atoms with Gasteiger partial charge in [0.15, 0.2) is 0 Å². The monoisotopic (exact) mass is 263 g/mol. The highest BCUT2D eigenvalue weighted by molar-refractivity contribution is 5.76. The molecular weight excluding hydrogens is 241 g/mol. The van der Waals surface area contributed by atoms with Crippen LogP contribution in [0.1, 0.15) is 44.6 Å². The number of aryl methyl sites for hydroxylation is 1. The summed E-state index contributed by atoms with van der Waals surface area (Å²) in [6, 6.07) is 6.85. The summed E-state index contributed by atoms with van der Waals surface area (Å²) >= 11 is 0. The number of hydrogen-bond donors (Lipinski definition) is 0. The smallest absolute Gasteiger partial charge is 0.223 e. The Kier molecular flexibility index (Phi) is 4.94. The van der Waals surface area contributed by atoms with Crippen molar-refractivity contribution in [1.29, 1.82) is 0 Å². The van der Waals surface area contributed by atoms with E-state index in [9.17, 15) is 9.18 Å². The molecule has 0 N–H and O–H groups in total. The maximum atomic E-state index is 12.8. The molecule has 0 saturated carbocycles. The molecule has 1 unspecified atom stereocenters. The second kappa shape index (κ2) is 6.69. The van der Waals surface area contributed by atoms with E-state index >= 15 is 0 Å². The van der Waals surface area contributed by atoms with Crippen LogP contribution in [0.25, 0.3) is 0 Å². The van der Waals surface area contributed by atoms with E-state index in [0.717, 1.165) is 31.4 Å². The molecule has 0 aliphatic carbocycles. The molecule has 2 nitrogen and oxygen atoms in total. The number of piperidine rings is 1. The maximum absolute atomic E-state index is 12.8. The zero-order chi connectivity index (χ0) is 13.7. The van der Waals surface area contributed by atoms with Crippen LogP contribution in [-0.2, 0) is 11.2 Å². The molecule has 1 fully saturated rings. The number of nitrogens with zero attached hydrogens (tertiary/aromatic N) is 1. The summed E-state index contributed by atoms with van der Waals surface area (Å²) in [4.78, 5) is 14.3. The standard InChI is InChI=1S/C16H22FNO/c1-2-15-5-3-4-12-18(15)16(19)11-8-13-6-9-14(17)10-7-13/h6-7,9-10,15H,2-5,8,11-12H2,1H3. The van der Waals surface area contributed by atoms with Crippen molar-refractivity contribution in [3.8, 4) is 0 Å². The van der Waals surface area contributed by atoms with Crippen LogP contribution < -0.4 is 0 Å². The van der Waals surface area contributed by atoms with Gasteiger partial charge in [-0.2, -0.15) is 0 Å². The molecule has 0 bridgehead atoms. The first-order valence-corrected chi connectivity index (χ1v) is 7.24. The fourth-order valence-corrected chi connectivity index (χ4v) is 2.80. The van der Waals surface area contributed by atoms with Crippen LogP contribution in [0.2, 0.25) is 0 Å². The molecule has 0 spiro atoms. The number of amides is 1. The second-order valence-electron chi connectivity index (χ2n) is 5.27. The normalized spacial score (nSPS) is 19.5. The average Bonchev–Trinajstić information content (AvgIpc) is 2.46. The lowest BCUT2D eigenvalue weighted by molar-refractivity contribution is -0.134. The van der Waals surface area contributed by atoms with E-state index in [0.29, 0.717) is 18.9 Å². The number of rotatable bonds is 4.